The number of carbonyl (C=O) groups excluding carboxylic acids is 2. The van der Waals surface area contributed by atoms with Gasteiger partial charge >= 0.3 is 6.03 Å². The first-order chi connectivity index (χ1) is 11.7. The molecule has 5 heteroatoms. The van der Waals surface area contributed by atoms with E-state index in [0.29, 0.717) is 6.42 Å². The number of benzene rings is 1. The van der Waals surface area contributed by atoms with Crippen LogP contribution >= 0.6 is 0 Å². The van der Waals surface area contributed by atoms with Crippen molar-refractivity contribution < 1.29 is 9.59 Å². The second-order valence-electron chi connectivity index (χ2n) is 6.80. The van der Waals surface area contributed by atoms with Crippen LogP contribution in [-0.2, 0) is 4.79 Å². The Labute approximate surface area is 144 Å². The number of amides is 3. The van der Waals surface area contributed by atoms with Crippen LogP contribution in [0.1, 0.15) is 50.6 Å². The smallest absolute Gasteiger partial charge is 0.324 e. The number of hydrogen-bond acceptors (Lipinski definition) is 3. The molecule has 2 fully saturated rings. The van der Waals surface area contributed by atoms with E-state index in [1.165, 1.54) is 24.2 Å². The molecule has 1 aromatic carbocycles. The summed E-state index contributed by atoms with van der Waals surface area (Å²) in [5.74, 6) is -0.0579. The van der Waals surface area contributed by atoms with Crippen LogP contribution in [0.4, 0.5) is 4.79 Å². The predicted octanol–water partition coefficient (Wildman–Crippen LogP) is 2.93. The van der Waals surface area contributed by atoms with Gasteiger partial charge in [0.2, 0.25) is 5.91 Å². The lowest BCUT2D eigenvalue weighted by molar-refractivity contribution is -0.141. The lowest BCUT2D eigenvalue weighted by Crippen LogP contribution is -2.62. The van der Waals surface area contributed by atoms with Crippen LogP contribution in [0.3, 0.4) is 0 Å². The minimum atomic E-state index is -0.246. The van der Waals surface area contributed by atoms with E-state index < -0.39 is 0 Å². The molecular weight excluding hydrogens is 302 g/mol. The number of β-lactam (4-membered cyclic amide) rings is 1. The second kappa shape index (κ2) is 7.79. The van der Waals surface area contributed by atoms with Crippen molar-refractivity contribution in [2.24, 2.45) is 0 Å². The summed E-state index contributed by atoms with van der Waals surface area (Å²) in [7, 11) is 0. The second-order valence-corrected chi connectivity index (χ2v) is 6.80. The van der Waals surface area contributed by atoms with Crippen molar-refractivity contribution in [2.45, 2.75) is 51.1 Å². The van der Waals surface area contributed by atoms with E-state index in [2.05, 4.69) is 10.2 Å². The summed E-state index contributed by atoms with van der Waals surface area (Å²) < 4.78 is 0. The number of piperidine rings is 1. The lowest BCUT2D eigenvalue weighted by atomic mass is 10.00. The van der Waals surface area contributed by atoms with Gasteiger partial charge in [0, 0.05) is 13.0 Å². The number of nitrogens with one attached hydrogen (secondary N) is 1. The van der Waals surface area contributed by atoms with Crippen molar-refractivity contribution in [1.29, 1.82) is 0 Å². The fourth-order valence-corrected chi connectivity index (χ4v) is 3.67. The molecule has 24 heavy (non-hydrogen) atoms. The Kier molecular flexibility index (Phi) is 5.51. The summed E-state index contributed by atoms with van der Waals surface area (Å²) >= 11 is 0. The van der Waals surface area contributed by atoms with Gasteiger partial charge in [-0.15, -0.1) is 0 Å². The van der Waals surface area contributed by atoms with Gasteiger partial charge in [-0.1, -0.05) is 43.7 Å². The average molecular weight is 329 g/mol. The van der Waals surface area contributed by atoms with Crippen LogP contribution in [0.15, 0.2) is 30.3 Å². The molecule has 130 valence electrons. The molecule has 2 heterocycles. The first-order valence-corrected chi connectivity index (χ1v) is 9.09. The zero-order valence-electron chi connectivity index (χ0n) is 14.4. The topological polar surface area (TPSA) is 52.7 Å². The average Bonchev–Trinajstić information content (AvgIpc) is 2.60. The molecule has 1 aromatic rings. The Morgan fingerprint density at radius 3 is 2.54 bits per heavy atom. The first-order valence-electron chi connectivity index (χ1n) is 9.09. The molecule has 3 amide bonds. The largest absolute Gasteiger partial charge is 0.331 e. The van der Waals surface area contributed by atoms with E-state index in [4.69, 9.17) is 0 Å². The third-order valence-electron chi connectivity index (χ3n) is 5.09. The highest BCUT2D eigenvalue weighted by Crippen LogP contribution is 2.24. The Morgan fingerprint density at radius 1 is 1.21 bits per heavy atom. The molecule has 0 aliphatic carbocycles. The van der Waals surface area contributed by atoms with E-state index in [0.717, 1.165) is 31.6 Å². The van der Waals surface area contributed by atoms with Crippen molar-refractivity contribution in [1.82, 2.24) is 15.1 Å². The Balaban J connectivity index is 1.59. The minimum absolute atomic E-state index is 0.0314. The van der Waals surface area contributed by atoms with E-state index >= 15 is 0 Å². The van der Waals surface area contributed by atoms with Gasteiger partial charge in [0.15, 0.2) is 0 Å². The number of urea groups is 1. The summed E-state index contributed by atoms with van der Waals surface area (Å²) in [6, 6.07) is 9.66. The fourth-order valence-electron chi connectivity index (χ4n) is 3.67. The Hall–Kier alpha value is -1.88. The van der Waals surface area contributed by atoms with E-state index in [1.54, 1.807) is 0 Å². The number of likely N-dealkylation sites (tertiary alicyclic amines) is 2. The third kappa shape index (κ3) is 3.78. The molecule has 5 nitrogen and oxygen atoms in total. The van der Waals surface area contributed by atoms with E-state index in [1.807, 2.05) is 37.3 Å². The molecule has 2 aliphatic rings. The summed E-state index contributed by atoms with van der Waals surface area (Å²) in [5.41, 5.74) is 1.08. The third-order valence-corrected chi connectivity index (χ3v) is 5.09. The Bertz CT molecular complexity index is 569. The summed E-state index contributed by atoms with van der Waals surface area (Å²) in [4.78, 5) is 28.4. The van der Waals surface area contributed by atoms with E-state index in [-0.39, 0.29) is 24.0 Å². The summed E-state index contributed by atoms with van der Waals surface area (Å²) in [6.07, 6.45) is 5.03. The molecule has 0 bridgehead atoms. The van der Waals surface area contributed by atoms with Gasteiger partial charge in [0.05, 0.1) is 12.1 Å². The van der Waals surface area contributed by atoms with Gasteiger partial charge < -0.3 is 10.2 Å². The monoisotopic (exact) mass is 329 g/mol. The molecule has 0 saturated carbocycles. The lowest BCUT2D eigenvalue weighted by Gasteiger charge is -2.42. The molecule has 2 atom stereocenters. The summed E-state index contributed by atoms with van der Waals surface area (Å²) in [6.45, 7) is 5.03. The highest BCUT2D eigenvalue weighted by molar-refractivity contribution is 5.99. The molecule has 0 spiro atoms. The van der Waals surface area contributed by atoms with Crippen LogP contribution in [0, 0.1) is 0 Å². The quantitative estimate of drug-likeness (QED) is 0.845. The first kappa shape index (κ1) is 17.0. The highest BCUT2D eigenvalue weighted by Gasteiger charge is 2.42. The van der Waals surface area contributed by atoms with Crippen LogP contribution in [0.25, 0.3) is 0 Å². The fraction of sp³-hybridized carbons (Fsp3) is 0.579. The molecule has 2 aliphatic heterocycles. The molecule has 1 N–H and O–H groups in total. The van der Waals surface area contributed by atoms with Crippen molar-refractivity contribution in [3.05, 3.63) is 35.9 Å². The zero-order valence-corrected chi connectivity index (χ0v) is 14.4. The van der Waals surface area contributed by atoms with Crippen LogP contribution in [0.2, 0.25) is 0 Å². The van der Waals surface area contributed by atoms with Crippen molar-refractivity contribution in [3.8, 4) is 0 Å². The molecule has 0 aromatic heterocycles. The minimum Gasteiger partial charge on any atom is -0.331 e. The predicted molar refractivity (Wildman–Crippen MR) is 93.5 cm³/mol. The van der Waals surface area contributed by atoms with Crippen molar-refractivity contribution >= 4 is 11.9 Å². The van der Waals surface area contributed by atoms with Gasteiger partial charge in [0.1, 0.15) is 0 Å². The summed E-state index contributed by atoms with van der Waals surface area (Å²) in [5, 5.41) is 3.03. The maximum Gasteiger partial charge on any atom is 0.324 e. The molecule has 2 saturated heterocycles. The van der Waals surface area contributed by atoms with Crippen molar-refractivity contribution in [3.63, 3.8) is 0 Å². The molecule has 3 rings (SSSR count). The van der Waals surface area contributed by atoms with Gasteiger partial charge in [-0.3, -0.25) is 9.69 Å². The van der Waals surface area contributed by atoms with Crippen molar-refractivity contribution in [2.75, 3.05) is 19.6 Å². The molecule has 0 radical (unpaired) electrons. The SMILES string of the molecule is CC[C@@H](NC(=O)N1C(=O)C[C@@H]1CN1CCCCC1)c1ccccc1. The number of nitrogens with zero attached hydrogens (tertiary/aromatic N) is 2. The number of imide groups is 1. The van der Waals surface area contributed by atoms with Gasteiger partial charge in [-0.05, 0) is 37.9 Å². The highest BCUT2D eigenvalue weighted by atomic mass is 16.2. The molecular formula is C19H27N3O2. The normalized spacial score (nSPS) is 22.8. The molecule has 0 unspecified atom stereocenters. The number of carbonyl (C=O) groups is 2. The van der Waals surface area contributed by atoms with Crippen LogP contribution in [-0.4, -0.2) is 47.4 Å². The number of hydrogen-bond donors (Lipinski definition) is 1. The maximum absolute atomic E-state index is 12.6. The van der Waals surface area contributed by atoms with E-state index in [9.17, 15) is 9.59 Å². The van der Waals surface area contributed by atoms with Gasteiger partial charge in [-0.2, -0.15) is 0 Å². The van der Waals surface area contributed by atoms with Gasteiger partial charge in [-0.25, -0.2) is 4.79 Å². The van der Waals surface area contributed by atoms with Gasteiger partial charge in [0.25, 0.3) is 0 Å². The van der Waals surface area contributed by atoms with Crippen LogP contribution in [0.5, 0.6) is 0 Å². The Morgan fingerprint density at radius 2 is 1.92 bits per heavy atom. The maximum atomic E-state index is 12.6. The standard InChI is InChI=1S/C19H27N3O2/c1-2-17(15-9-5-3-6-10-15)20-19(24)22-16(13-18(22)23)14-21-11-7-4-8-12-21/h3,5-6,9-10,16-17H,2,4,7-8,11-14H2,1H3,(H,20,24)/t16-,17-/m1/s1. The zero-order chi connectivity index (χ0) is 16.9. The van der Waals surface area contributed by atoms with Crippen LogP contribution < -0.4 is 5.32 Å². The number of rotatable bonds is 5.